The molecule has 4 heteroatoms. The van der Waals surface area contributed by atoms with Gasteiger partial charge in [-0.05, 0) is 13.0 Å². The van der Waals surface area contributed by atoms with Crippen LogP contribution in [0.3, 0.4) is 0 Å². The molecule has 1 aromatic heterocycles. The maximum absolute atomic E-state index is 6.55. The molecular weight excluding hydrogens is 280 g/mol. The first-order chi connectivity index (χ1) is 9.74. The highest BCUT2D eigenvalue weighted by atomic mass is 32.1. The smallest absolute Gasteiger partial charge is 0.123 e. The third-order valence-corrected chi connectivity index (χ3v) is 4.41. The average molecular weight is 304 g/mol. The van der Waals surface area contributed by atoms with Gasteiger partial charge in [0, 0.05) is 28.3 Å². The van der Waals surface area contributed by atoms with Crippen molar-refractivity contribution in [3.8, 4) is 5.75 Å². The Bertz CT molecular complexity index is 611. The molecule has 0 amide bonds. The van der Waals surface area contributed by atoms with Crippen molar-refractivity contribution in [2.24, 2.45) is 5.73 Å². The minimum atomic E-state index is -0.500. The van der Waals surface area contributed by atoms with Gasteiger partial charge in [0.05, 0.1) is 17.8 Å². The van der Waals surface area contributed by atoms with Crippen molar-refractivity contribution in [1.29, 1.82) is 0 Å². The summed E-state index contributed by atoms with van der Waals surface area (Å²) >= 11 is 1.68. The van der Waals surface area contributed by atoms with E-state index in [0.717, 1.165) is 22.0 Å². The van der Waals surface area contributed by atoms with Crippen molar-refractivity contribution in [3.05, 3.63) is 45.9 Å². The maximum atomic E-state index is 6.55. The molecule has 0 fully saturated rings. The summed E-state index contributed by atoms with van der Waals surface area (Å²) in [6.45, 7) is 8.55. The number of benzene rings is 1. The molecule has 2 aromatic rings. The second kappa shape index (κ2) is 5.78. The van der Waals surface area contributed by atoms with Gasteiger partial charge in [0.2, 0.25) is 0 Å². The number of rotatable bonds is 4. The van der Waals surface area contributed by atoms with Crippen molar-refractivity contribution >= 4 is 11.3 Å². The minimum absolute atomic E-state index is 0.0736. The molecule has 3 nitrogen and oxygen atoms in total. The molecule has 2 N–H and O–H groups in total. The highest BCUT2D eigenvalue weighted by molar-refractivity contribution is 7.09. The summed E-state index contributed by atoms with van der Waals surface area (Å²) in [6.07, 6.45) is 0.703. The summed E-state index contributed by atoms with van der Waals surface area (Å²) in [6, 6.07) is 7.92. The molecule has 0 radical (unpaired) electrons. The zero-order valence-electron chi connectivity index (χ0n) is 13.4. The third kappa shape index (κ3) is 3.63. The summed E-state index contributed by atoms with van der Waals surface area (Å²) in [5.41, 5.74) is 8.26. The van der Waals surface area contributed by atoms with Gasteiger partial charge >= 0.3 is 0 Å². The fourth-order valence-corrected chi connectivity index (χ4v) is 3.45. The lowest BCUT2D eigenvalue weighted by molar-refractivity contribution is 0.386. The molecule has 0 saturated heterocycles. The average Bonchev–Trinajstić information content (AvgIpc) is 2.86. The van der Waals surface area contributed by atoms with Crippen molar-refractivity contribution in [1.82, 2.24) is 4.98 Å². The lowest BCUT2D eigenvalue weighted by Crippen LogP contribution is -2.35. The van der Waals surface area contributed by atoms with E-state index in [1.54, 1.807) is 18.4 Å². The molecule has 2 rings (SSSR count). The maximum Gasteiger partial charge on any atom is 0.123 e. The second-order valence-corrected chi connectivity index (χ2v) is 7.61. The van der Waals surface area contributed by atoms with Crippen LogP contribution in [0.25, 0.3) is 0 Å². The van der Waals surface area contributed by atoms with Crippen LogP contribution in [0.1, 0.15) is 44.0 Å². The molecule has 1 atom stereocenters. The Hall–Kier alpha value is -1.39. The SMILES string of the molecule is COc1ccccc1C(C)(N)Cc1nc(C(C)(C)C)cs1. The Morgan fingerprint density at radius 1 is 1.19 bits per heavy atom. The molecule has 1 unspecified atom stereocenters. The monoisotopic (exact) mass is 304 g/mol. The molecule has 0 bridgehead atoms. The summed E-state index contributed by atoms with van der Waals surface area (Å²) in [4.78, 5) is 4.75. The molecule has 1 heterocycles. The van der Waals surface area contributed by atoms with Gasteiger partial charge in [-0.1, -0.05) is 39.0 Å². The van der Waals surface area contributed by atoms with Crippen molar-refractivity contribution in [2.75, 3.05) is 7.11 Å². The van der Waals surface area contributed by atoms with Crippen LogP contribution < -0.4 is 10.5 Å². The molecule has 0 spiro atoms. The Morgan fingerprint density at radius 3 is 2.43 bits per heavy atom. The summed E-state index contributed by atoms with van der Waals surface area (Å²) in [5, 5.41) is 3.20. The van der Waals surface area contributed by atoms with E-state index in [-0.39, 0.29) is 5.41 Å². The lowest BCUT2D eigenvalue weighted by atomic mass is 9.89. The number of nitrogens with zero attached hydrogens (tertiary/aromatic N) is 1. The normalized spacial score (nSPS) is 14.8. The summed E-state index contributed by atoms with van der Waals surface area (Å²) in [5.74, 6) is 0.829. The van der Waals surface area contributed by atoms with Crippen LogP contribution in [-0.4, -0.2) is 12.1 Å². The van der Waals surface area contributed by atoms with E-state index in [1.807, 2.05) is 31.2 Å². The number of thiazole rings is 1. The number of para-hydroxylation sites is 1. The lowest BCUT2D eigenvalue weighted by Gasteiger charge is -2.26. The van der Waals surface area contributed by atoms with Crippen LogP contribution in [0.15, 0.2) is 29.6 Å². The number of nitrogens with two attached hydrogens (primary N) is 1. The molecule has 21 heavy (non-hydrogen) atoms. The van der Waals surface area contributed by atoms with Gasteiger partial charge < -0.3 is 10.5 Å². The van der Waals surface area contributed by atoms with E-state index < -0.39 is 5.54 Å². The summed E-state index contributed by atoms with van der Waals surface area (Å²) < 4.78 is 5.43. The topological polar surface area (TPSA) is 48.1 Å². The highest BCUT2D eigenvalue weighted by Crippen LogP contribution is 2.32. The first-order valence-electron chi connectivity index (χ1n) is 7.11. The number of hydrogen-bond donors (Lipinski definition) is 1. The Labute approximate surface area is 131 Å². The molecule has 114 valence electrons. The van der Waals surface area contributed by atoms with Crippen LogP contribution in [0, 0.1) is 0 Å². The predicted octanol–water partition coefficient (Wildman–Crippen LogP) is 3.87. The van der Waals surface area contributed by atoms with Gasteiger partial charge in [-0.25, -0.2) is 4.98 Å². The highest BCUT2D eigenvalue weighted by Gasteiger charge is 2.27. The molecule has 0 aliphatic carbocycles. The first kappa shape index (κ1) is 16.0. The van der Waals surface area contributed by atoms with E-state index in [1.165, 1.54) is 0 Å². The van der Waals surface area contributed by atoms with Crippen LogP contribution >= 0.6 is 11.3 Å². The van der Waals surface area contributed by atoms with Gasteiger partial charge in [-0.3, -0.25) is 0 Å². The van der Waals surface area contributed by atoms with Gasteiger partial charge in [0.25, 0.3) is 0 Å². The molecule has 0 aliphatic heterocycles. The molecular formula is C17H24N2OS. The minimum Gasteiger partial charge on any atom is -0.496 e. The second-order valence-electron chi connectivity index (χ2n) is 6.67. The van der Waals surface area contributed by atoms with Crippen LogP contribution in [-0.2, 0) is 17.4 Å². The van der Waals surface area contributed by atoms with Crippen molar-refractivity contribution < 1.29 is 4.74 Å². The fourth-order valence-electron chi connectivity index (χ4n) is 2.26. The Morgan fingerprint density at radius 2 is 1.86 bits per heavy atom. The van der Waals surface area contributed by atoms with Gasteiger partial charge in [0.15, 0.2) is 0 Å². The standard InChI is InChI=1S/C17H24N2OS/c1-16(2,3)14-11-21-15(19-14)10-17(4,18)12-8-6-7-9-13(12)20-5/h6-9,11H,10,18H2,1-5H3. The van der Waals surface area contributed by atoms with E-state index >= 15 is 0 Å². The van der Waals surface area contributed by atoms with Gasteiger partial charge in [-0.15, -0.1) is 11.3 Å². The van der Waals surface area contributed by atoms with E-state index in [4.69, 9.17) is 15.5 Å². The predicted molar refractivity (Wildman–Crippen MR) is 89.1 cm³/mol. The number of aromatic nitrogens is 1. The van der Waals surface area contributed by atoms with Gasteiger partial charge in [0.1, 0.15) is 5.75 Å². The van der Waals surface area contributed by atoms with Crippen LogP contribution in [0.4, 0.5) is 0 Å². The zero-order valence-corrected chi connectivity index (χ0v) is 14.3. The van der Waals surface area contributed by atoms with Crippen molar-refractivity contribution in [2.45, 2.75) is 45.1 Å². The number of ether oxygens (including phenoxy) is 1. The fraction of sp³-hybridized carbons (Fsp3) is 0.471. The zero-order chi connectivity index (χ0) is 15.7. The summed E-state index contributed by atoms with van der Waals surface area (Å²) in [7, 11) is 1.68. The Kier molecular flexibility index (Phi) is 4.40. The third-order valence-electron chi connectivity index (χ3n) is 3.56. The molecule has 1 aromatic carbocycles. The van der Waals surface area contributed by atoms with Crippen molar-refractivity contribution in [3.63, 3.8) is 0 Å². The van der Waals surface area contributed by atoms with Gasteiger partial charge in [-0.2, -0.15) is 0 Å². The van der Waals surface area contributed by atoms with E-state index in [2.05, 4.69) is 26.2 Å². The largest absolute Gasteiger partial charge is 0.496 e. The quantitative estimate of drug-likeness (QED) is 0.933. The van der Waals surface area contributed by atoms with Crippen LogP contribution in [0.2, 0.25) is 0 Å². The van der Waals surface area contributed by atoms with Crippen LogP contribution in [0.5, 0.6) is 5.75 Å². The number of hydrogen-bond acceptors (Lipinski definition) is 4. The molecule has 0 saturated carbocycles. The van der Waals surface area contributed by atoms with E-state index in [0.29, 0.717) is 6.42 Å². The Balaban J connectivity index is 2.27. The number of methoxy groups -OCH3 is 1. The molecule has 0 aliphatic rings. The van der Waals surface area contributed by atoms with E-state index in [9.17, 15) is 0 Å². The first-order valence-corrected chi connectivity index (χ1v) is 7.99.